The zero-order valence-corrected chi connectivity index (χ0v) is 21.1. The molecule has 1 atom stereocenters. The van der Waals surface area contributed by atoms with Crippen molar-refractivity contribution < 1.29 is 4.39 Å². The van der Waals surface area contributed by atoms with E-state index in [0.717, 1.165) is 53.1 Å². The lowest BCUT2D eigenvalue weighted by molar-refractivity contribution is 0.315. The SMILES string of the molecule is CNCc1cc(C)c(-c2cc3c(-c4cccc(N5CCC(N(C)C)C5)n4)n[nH]c3cc2C#N)c(F)c1. The van der Waals surface area contributed by atoms with Gasteiger partial charge in [0.25, 0.3) is 0 Å². The molecule has 0 radical (unpaired) electrons. The van der Waals surface area contributed by atoms with E-state index >= 15 is 4.39 Å². The Bertz CT molecular complexity index is 1440. The molecule has 36 heavy (non-hydrogen) atoms. The van der Waals surface area contributed by atoms with Gasteiger partial charge in [0, 0.05) is 42.2 Å². The number of rotatable bonds is 6. The van der Waals surface area contributed by atoms with Crippen LogP contribution >= 0.6 is 0 Å². The molecule has 1 aliphatic rings. The first-order chi connectivity index (χ1) is 17.4. The number of hydrogen-bond acceptors (Lipinski definition) is 6. The third-order valence-electron chi connectivity index (χ3n) is 7.01. The van der Waals surface area contributed by atoms with Crippen LogP contribution in [0.2, 0.25) is 0 Å². The Labute approximate surface area is 210 Å². The average Bonchev–Trinajstić information content (AvgIpc) is 3.51. The van der Waals surface area contributed by atoms with E-state index in [0.29, 0.717) is 35.0 Å². The molecule has 4 aromatic rings. The van der Waals surface area contributed by atoms with Crippen molar-refractivity contribution in [3.63, 3.8) is 0 Å². The molecule has 8 heteroatoms. The summed E-state index contributed by atoms with van der Waals surface area (Å²) in [5, 5.41) is 21.3. The molecule has 2 N–H and O–H groups in total. The molecule has 0 bridgehead atoms. The number of pyridine rings is 1. The minimum Gasteiger partial charge on any atom is -0.355 e. The highest BCUT2D eigenvalue weighted by Crippen LogP contribution is 2.36. The maximum Gasteiger partial charge on any atom is 0.131 e. The molecule has 2 aromatic carbocycles. The molecule has 0 saturated carbocycles. The molecule has 184 valence electrons. The van der Waals surface area contributed by atoms with Gasteiger partial charge in [-0.3, -0.25) is 5.10 Å². The predicted molar refractivity (Wildman–Crippen MR) is 141 cm³/mol. The smallest absolute Gasteiger partial charge is 0.131 e. The number of aromatic nitrogens is 3. The summed E-state index contributed by atoms with van der Waals surface area (Å²) in [5.74, 6) is 0.578. The average molecular weight is 484 g/mol. The van der Waals surface area contributed by atoms with Crippen LogP contribution in [-0.2, 0) is 6.54 Å². The predicted octanol–water partition coefficient (Wildman–Crippen LogP) is 4.47. The number of nitrogens with zero attached hydrogens (tertiary/aromatic N) is 5. The third kappa shape index (κ3) is 4.32. The maximum absolute atomic E-state index is 15.3. The number of halogens is 1. The Hall–Kier alpha value is -3.80. The first-order valence-corrected chi connectivity index (χ1v) is 12.1. The van der Waals surface area contributed by atoms with Crippen molar-refractivity contribution in [1.82, 2.24) is 25.4 Å². The van der Waals surface area contributed by atoms with Crippen molar-refractivity contribution in [1.29, 1.82) is 5.26 Å². The number of H-pyrrole nitrogens is 1. The molecule has 0 amide bonds. The Morgan fingerprint density at radius 2 is 2.08 bits per heavy atom. The first kappa shape index (κ1) is 23.9. The second-order valence-corrected chi connectivity index (χ2v) is 9.66. The number of benzene rings is 2. The highest BCUT2D eigenvalue weighted by molar-refractivity contribution is 5.97. The minimum atomic E-state index is -0.342. The molecule has 1 unspecified atom stereocenters. The third-order valence-corrected chi connectivity index (χ3v) is 7.01. The summed E-state index contributed by atoms with van der Waals surface area (Å²) in [5.41, 5.74) is 5.18. The molecule has 0 spiro atoms. The van der Waals surface area contributed by atoms with Gasteiger partial charge in [0.2, 0.25) is 0 Å². The summed E-state index contributed by atoms with van der Waals surface area (Å²) in [6.45, 7) is 4.34. The Balaban J connectivity index is 1.59. The molecule has 1 saturated heterocycles. The van der Waals surface area contributed by atoms with Gasteiger partial charge in [-0.05, 0) is 75.9 Å². The molecule has 0 aliphatic carbocycles. The van der Waals surface area contributed by atoms with E-state index in [4.69, 9.17) is 4.98 Å². The standard InChI is InChI=1S/C28H30FN7/c1-17-10-18(15-31-2)11-23(29)27(17)21-13-22-25(12-19(21)14-30)33-34-28(22)24-6-5-7-26(32-24)36-9-8-20(16-36)35(3)4/h5-7,10-13,20,31H,8-9,15-16H2,1-4H3,(H,33,34). The summed E-state index contributed by atoms with van der Waals surface area (Å²) in [4.78, 5) is 9.49. The minimum absolute atomic E-state index is 0.342. The first-order valence-electron chi connectivity index (χ1n) is 12.1. The molecule has 2 aromatic heterocycles. The van der Waals surface area contributed by atoms with Crippen LogP contribution in [0.4, 0.5) is 10.2 Å². The number of aryl methyl sites for hydroxylation is 1. The number of fused-ring (bicyclic) bond motifs is 1. The lowest BCUT2D eigenvalue weighted by atomic mass is 9.92. The second kappa shape index (κ2) is 9.69. The van der Waals surface area contributed by atoms with Crippen LogP contribution in [0.15, 0.2) is 42.5 Å². The van der Waals surface area contributed by atoms with Crippen molar-refractivity contribution in [2.75, 3.05) is 39.1 Å². The van der Waals surface area contributed by atoms with Crippen LogP contribution in [0.25, 0.3) is 33.4 Å². The van der Waals surface area contributed by atoms with E-state index < -0.39 is 0 Å². The fourth-order valence-electron chi connectivity index (χ4n) is 5.12. The summed E-state index contributed by atoms with van der Waals surface area (Å²) >= 11 is 0. The largest absolute Gasteiger partial charge is 0.355 e. The van der Waals surface area contributed by atoms with E-state index in [2.05, 4.69) is 45.5 Å². The van der Waals surface area contributed by atoms with Gasteiger partial charge in [-0.15, -0.1) is 0 Å². The number of hydrogen-bond donors (Lipinski definition) is 2. The van der Waals surface area contributed by atoms with Crippen molar-refractivity contribution in [2.24, 2.45) is 0 Å². The van der Waals surface area contributed by atoms with Crippen molar-refractivity contribution >= 4 is 16.7 Å². The Morgan fingerprint density at radius 1 is 1.25 bits per heavy atom. The fraction of sp³-hybridized carbons (Fsp3) is 0.321. The number of likely N-dealkylation sites (N-methyl/N-ethyl adjacent to an activating group) is 1. The van der Waals surface area contributed by atoms with E-state index in [1.54, 1.807) is 6.07 Å². The summed E-state index contributed by atoms with van der Waals surface area (Å²) in [6, 6.07) is 15.8. The summed E-state index contributed by atoms with van der Waals surface area (Å²) in [6.07, 6.45) is 1.10. The van der Waals surface area contributed by atoms with Crippen LogP contribution in [0.5, 0.6) is 0 Å². The van der Waals surface area contributed by atoms with Crippen LogP contribution in [0.3, 0.4) is 0 Å². The number of nitriles is 1. The van der Waals surface area contributed by atoms with Gasteiger partial charge in [0.1, 0.15) is 17.3 Å². The highest BCUT2D eigenvalue weighted by Gasteiger charge is 2.25. The molecule has 1 aliphatic heterocycles. The topological polar surface area (TPSA) is 83.9 Å². The monoisotopic (exact) mass is 483 g/mol. The van der Waals surface area contributed by atoms with Crippen molar-refractivity contribution in [3.8, 4) is 28.6 Å². The molecule has 7 nitrogen and oxygen atoms in total. The molecular formula is C28H30FN7. The summed E-state index contributed by atoms with van der Waals surface area (Å²) in [7, 11) is 6.05. The number of aromatic amines is 1. The van der Waals surface area contributed by atoms with Crippen LogP contribution in [0, 0.1) is 24.1 Å². The van der Waals surface area contributed by atoms with E-state index in [-0.39, 0.29) is 5.82 Å². The summed E-state index contributed by atoms with van der Waals surface area (Å²) < 4.78 is 15.3. The normalized spacial score (nSPS) is 15.7. The van der Waals surface area contributed by atoms with Gasteiger partial charge in [0.05, 0.1) is 22.8 Å². The zero-order valence-electron chi connectivity index (χ0n) is 21.1. The van der Waals surface area contributed by atoms with E-state index in [9.17, 15) is 5.26 Å². The van der Waals surface area contributed by atoms with E-state index in [1.165, 1.54) is 6.07 Å². The lowest BCUT2D eigenvalue weighted by Gasteiger charge is -2.21. The van der Waals surface area contributed by atoms with Gasteiger partial charge in [0.15, 0.2) is 0 Å². The lowest BCUT2D eigenvalue weighted by Crippen LogP contribution is -2.31. The van der Waals surface area contributed by atoms with Crippen molar-refractivity contribution in [3.05, 3.63) is 65.0 Å². The van der Waals surface area contributed by atoms with Crippen molar-refractivity contribution in [2.45, 2.75) is 25.9 Å². The van der Waals surface area contributed by atoms with Gasteiger partial charge < -0.3 is 15.1 Å². The number of nitrogens with one attached hydrogen (secondary N) is 2. The number of anilines is 1. The highest BCUT2D eigenvalue weighted by atomic mass is 19.1. The fourth-order valence-corrected chi connectivity index (χ4v) is 5.12. The molecule has 1 fully saturated rings. The van der Waals surface area contributed by atoms with Crippen LogP contribution in [-0.4, -0.2) is 60.4 Å². The van der Waals surface area contributed by atoms with Gasteiger partial charge in [-0.1, -0.05) is 12.1 Å². The van der Waals surface area contributed by atoms with E-state index in [1.807, 2.05) is 44.3 Å². The molecule has 5 rings (SSSR count). The molecule has 3 heterocycles. The van der Waals surface area contributed by atoms with Gasteiger partial charge >= 0.3 is 0 Å². The Kier molecular flexibility index (Phi) is 6.44. The van der Waals surface area contributed by atoms with Crippen LogP contribution < -0.4 is 10.2 Å². The van der Waals surface area contributed by atoms with Gasteiger partial charge in [-0.25, -0.2) is 9.37 Å². The zero-order chi connectivity index (χ0) is 25.4. The Morgan fingerprint density at radius 3 is 2.78 bits per heavy atom. The second-order valence-electron chi connectivity index (χ2n) is 9.66. The quantitative estimate of drug-likeness (QED) is 0.421. The molecular weight excluding hydrogens is 453 g/mol. The van der Waals surface area contributed by atoms with Gasteiger partial charge in [-0.2, -0.15) is 10.4 Å². The maximum atomic E-state index is 15.3. The van der Waals surface area contributed by atoms with Crippen LogP contribution in [0.1, 0.15) is 23.1 Å².